The number of carbonyl (C=O) groups is 1. The Labute approximate surface area is 101 Å². The van der Waals surface area contributed by atoms with Crippen LogP contribution in [0.5, 0.6) is 0 Å². The van der Waals surface area contributed by atoms with Gasteiger partial charge < -0.3 is 11.1 Å². The highest BCUT2D eigenvalue weighted by Gasteiger charge is 2.07. The third-order valence-corrected chi connectivity index (χ3v) is 3.37. The van der Waals surface area contributed by atoms with E-state index in [0.717, 1.165) is 5.56 Å². The first-order valence-corrected chi connectivity index (χ1v) is 6.55. The van der Waals surface area contributed by atoms with Crippen LogP contribution in [-0.4, -0.2) is 24.0 Å². The molecule has 0 saturated carbocycles. The van der Waals surface area contributed by atoms with Gasteiger partial charge in [-0.25, -0.2) is 0 Å². The van der Waals surface area contributed by atoms with Crippen LogP contribution in [0, 0.1) is 0 Å². The lowest BCUT2D eigenvalue weighted by molar-refractivity contribution is -0.120. The van der Waals surface area contributed by atoms with Crippen molar-refractivity contribution in [2.45, 2.75) is 18.6 Å². The van der Waals surface area contributed by atoms with Crippen LogP contribution >= 0.6 is 11.8 Å². The number of nitrogen functional groups attached to an aromatic ring is 1. The van der Waals surface area contributed by atoms with Crippen LogP contribution in [0.1, 0.15) is 12.5 Å². The van der Waals surface area contributed by atoms with Crippen LogP contribution in [0.25, 0.3) is 0 Å². The maximum absolute atomic E-state index is 11.6. The van der Waals surface area contributed by atoms with E-state index in [1.165, 1.54) is 0 Å². The molecule has 0 spiro atoms. The zero-order valence-electron chi connectivity index (χ0n) is 9.69. The van der Waals surface area contributed by atoms with E-state index in [-0.39, 0.29) is 5.91 Å². The molecule has 0 bridgehead atoms. The molecule has 0 aliphatic rings. The number of amides is 1. The minimum Gasteiger partial charge on any atom is -0.398 e. The topological polar surface area (TPSA) is 55.1 Å². The zero-order valence-corrected chi connectivity index (χ0v) is 10.5. The standard InChI is InChI=1S/C12H18N2OS/c1-9(16-2)8-14-12(15)7-10-5-3-4-6-11(10)13/h3-6,9H,7-8,13H2,1-2H3,(H,14,15). The lowest BCUT2D eigenvalue weighted by Crippen LogP contribution is -2.30. The molecule has 3 nitrogen and oxygen atoms in total. The largest absolute Gasteiger partial charge is 0.398 e. The number of hydrogen-bond acceptors (Lipinski definition) is 3. The van der Waals surface area contributed by atoms with Crippen LogP contribution in [0.3, 0.4) is 0 Å². The number of rotatable bonds is 5. The summed E-state index contributed by atoms with van der Waals surface area (Å²) >= 11 is 1.74. The number of benzene rings is 1. The number of para-hydroxylation sites is 1. The Hall–Kier alpha value is -1.16. The van der Waals surface area contributed by atoms with Crippen LogP contribution in [0.15, 0.2) is 24.3 Å². The molecule has 88 valence electrons. The second kappa shape index (κ2) is 6.43. The molecule has 0 radical (unpaired) electrons. The molecular weight excluding hydrogens is 220 g/mol. The van der Waals surface area contributed by atoms with Gasteiger partial charge in [0.25, 0.3) is 0 Å². The average Bonchev–Trinajstić information content (AvgIpc) is 2.29. The van der Waals surface area contributed by atoms with Gasteiger partial charge in [-0.2, -0.15) is 11.8 Å². The van der Waals surface area contributed by atoms with E-state index in [2.05, 4.69) is 12.2 Å². The molecule has 1 amide bonds. The van der Waals surface area contributed by atoms with E-state index in [1.54, 1.807) is 11.8 Å². The van der Waals surface area contributed by atoms with Crippen LogP contribution < -0.4 is 11.1 Å². The molecule has 16 heavy (non-hydrogen) atoms. The average molecular weight is 238 g/mol. The fourth-order valence-electron chi connectivity index (χ4n) is 1.27. The maximum atomic E-state index is 11.6. The van der Waals surface area contributed by atoms with E-state index in [1.807, 2.05) is 30.5 Å². The van der Waals surface area contributed by atoms with Gasteiger partial charge in [0.1, 0.15) is 0 Å². The maximum Gasteiger partial charge on any atom is 0.224 e. The summed E-state index contributed by atoms with van der Waals surface area (Å²) in [5.74, 6) is 0.0267. The van der Waals surface area contributed by atoms with Gasteiger partial charge in [0, 0.05) is 17.5 Å². The van der Waals surface area contributed by atoms with Crippen molar-refractivity contribution in [2.75, 3.05) is 18.5 Å². The fourth-order valence-corrected chi connectivity index (χ4v) is 1.52. The molecule has 3 N–H and O–H groups in total. The number of anilines is 1. The summed E-state index contributed by atoms with van der Waals surface area (Å²) in [6, 6.07) is 7.45. The smallest absolute Gasteiger partial charge is 0.224 e. The van der Waals surface area contributed by atoms with Crippen molar-refractivity contribution in [3.05, 3.63) is 29.8 Å². The number of carbonyl (C=O) groups excluding carboxylic acids is 1. The second-order valence-corrected chi connectivity index (χ2v) is 5.00. The lowest BCUT2D eigenvalue weighted by atomic mass is 10.1. The van der Waals surface area contributed by atoms with Crippen molar-refractivity contribution in [3.8, 4) is 0 Å². The summed E-state index contributed by atoms with van der Waals surface area (Å²) in [6.45, 7) is 2.79. The molecule has 0 fully saturated rings. The zero-order chi connectivity index (χ0) is 12.0. The minimum atomic E-state index is 0.0267. The van der Waals surface area contributed by atoms with Gasteiger partial charge in [0.2, 0.25) is 5.91 Å². The van der Waals surface area contributed by atoms with E-state index >= 15 is 0 Å². The summed E-state index contributed by atoms with van der Waals surface area (Å²) in [6.07, 6.45) is 2.39. The second-order valence-electron chi connectivity index (χ2n) is 3.73. The lowest BCUT2D eigenvalue weighted by Gasteiger charge is -2.10. The first-order valence-electron chi connectivity index (χ1n) is 5.26. The van der Waals surface area contributed by atoms with Gasteiger partial charge in [-0.15, -0.1) is 0 Å². The summed E-state index contributed by atoms with van der Waals surface area (Å²) in [7, 11) is 0. The Morgan fingerprint density at radius 2 is 2.19 bits per heavy atom. The first kappa shape index (κ1) is 12.9. The van der Waals surface area contributed by atoms with Crippen molar-refractivity contribution >= 4 is 23.4 Å². The third kappa shape index (κ3) is 4.14. The Morgan fingerprint density at radius 3 is 2.81 bits per heavy atom. The Kier molecular flexibility index (Phi) is 5.19. The Bertz CT molecular complexity index is 355. The van der Waals surface area contributed by atoms with Crippen molar-refractivity contribution in [1.82, 2.24) is 5.32 Å². The molecule has 1 aromatic carbocycles. The summed E-state index contributed by atoms with van der Waals surface area (Å²) in [4.78, 5) is 11.6. The molecule has 0 aliphatic carbocycles. The highest BCUT2D eigenvalue weighted by molar-refractivity contribution is 7.99. The fraction of sp³-hybridized carbons (Fsp3) is 0.417. The van der Waals surface area contributed by atoms with Crippen LogP contribution in [0.2, 0.25) is 0 Å². The van der Waals surface area contributed by atoms with Crippen LogP contribution in [0.4, 0.5) is 5.69 Å². The summed E-state index contributed by atoms with van der Waals surface area (Å²) < 4.78 is 0. The molecule has 0 aromatic heterocycles. The van der Waals surface area contributed by atoms with E-state index in [0.29, 0.717) is 23.9 Å². The quantitative estimate of drug-likeness (QED) is 0.767. The minimum absolute atomic E-state index is 0.0267. The van der Waals surface area contributed by atoms with E-state index in [4.69, 9.17) is 5.73 Å². The van der Waals surface area contributed by atoms with Gasteiger partial charge >= 0.3 is 0 Å². The van der Waals surface area contributed by atoms with Gasteiger partial charge in [-0.1, -0.05) is 25.1 Å². The number of thioether (sulfide) groups is 1. The van der Waals surface area contributed by atoms with Gasteiger partial charge in [0.15, 0.2) is 0 Å². The van der Waals surface area contributed by atoms with Crippen molar-refractivity contribution in [2.24, 2.45) is 0 Å². The predicted molar refractivity (Wildman–Crippen MR) is 70.5 cm³/mol. The monoisotopic (exact) mass is 238 g/mol. The molecular formula is C12H18N2OS. The summed E-state index contributed by atoms with van der Waals surface area (Å²) in [5, 5.41) is 3.34. The Morgan fingerprint density at radius 1 is 1.50 bits per heavy atom. The number of nitrogens with one attached hydrogen (secondary N) is 1. The molecule has 4 heteroatoms. The molecule has 1 rings (SSSR count). The molecule has 0 heterocycles. The Balaban J connectivity index is 2.43. The van der Waals surface area contributed by atoms with Crippen molar-refractivity contribution in [3.63, 3.8) is 0 Å². The van der Waals surface area contributed by atoms with Gasteiger partial charge in [-0.05, 0) is 17.9 Å². The van der Waals surface area contributed by atoms with Gasteiger partial charge in [0.05, 0.1) is 6.42 Å². The molecule has 1 aromatic rings. The molecule has 1 unspecified atom stereocenters. The van der Waals surface area contributed by atoms with E-state index in [9.17, 15) is 4.79 Å². The van der Waals surface area contributed by atoms with Gasteiger partial charge in [-0.3, -0.25) is 4.79 Å². The predicted octanol–water partition coefficient (Wildman–Crippen LogP) is 1.68. The van der Waals surface area contributed by atoms with Crippen molar-refractivity contribution in [1.29, 1.82) is 0 Å². The highest BCUT2D eigenvalue weighted by atomic mass is 32.2. The number of hydrogen-bond donors (Lipinski definition) is 2. The highest BCUT2D eigenvalue weighted by Crippen LogP contribution is 2.11. The first-order chi connectivity index (χ1) is 7.63. The third-order valence-electron chi connectivity index (χ3n) is 2.40. The van der Waals surface area contributed by atoms with Crippen LogP contribution in [-0.2, 0) is 11.2 Å². The molecule has 0 saturated heterocycles. The summed E-state index contributed by atoms with van der Waals surface area (Å²) in [5.41, 5.74) is 7.33. The molecule has 0 aliphatic heterocycles. The molecule has 1 atom stereocenters. The van der Waals surface area contributed by atoms with Crippen molar-refractivity contribution < 1.29 is 4.79 Å². The SMILES string of the molecule is CSC(C)CNC(=O)Cc1ccccc1N. The normalized spacial score (nSPS) is 12.1. The number of nitrogens with two attached hydrogens (primary N) is 1. The van der Waals surface area contributed by atoms with E-state index < -0.39 is 0 Å².